The number of carbonyl (C=O) groups is 2. The number of nitrogens with one attached hydrogen (secondary N) is 1. The molecule has 2 aromatic carbocycles. The van der Waals surface area contributed by atoms with Gasteiger partial charge in [-0.2, -0.15) is 0 Å². The fourth-order valence-corrected chi connectivity index (χ4v) is 3.25. The van der Waals surface area contributed by atoms with Crippen molar-refractivity contribution >= 4 is 11.8 Å². The van der Waals surface area contributed by atoms with Crippen molar-refractivity contribution in [2.24, 2.45) is 5.92 Å². The first-order chi connectivity index (χ1) is 13.5. The van der Waals surface area contributed by atoms with E-state index >= 15 is 0 Å². The Kier molecular flexibility index (Phi) is 6.76. The van der Waals surface area contributed by atoms with E-state index in [0.717, 1.165) is 11.1 Å². The summed E-state index contributed by atoms with van der Waals surface area (Å²) in [6.07, 6.45) is 0.472. The molecule has 0 aromatic heterocycles. The van der Waals surface area contributed by atoms with E-state index in [0.29, 0.717) is 32.7 Å². The Balaban J connectivity index is 1.71. The molecule has 6 heteroatoms. The predicted molar refractivity (Wildman–Crippen MR) is 104 cm³/mol. The van der Waals surface area contributed by atoms with E-state index in [4.69, 9.17) is 4.74 Å². The van der Waals surface area contributed by atoms with E-state index in [1.165, 1.54) is 12.1 Å². The summed E-state index contributed by atoms with van der Waals surface area (Å²) in [4.78, 5) is 27.6. The molecule has 2 amide bonds. The van der Waals surface area contributed by atoms with Crippen LogP contribution in [0.1, 0.15) is 24.1 Å². The molecule has 28 heavy (non-hydrogen) atoms. The zero-order chi connectivity index (χ0) is 19.9. The van der Waals surface area contributed by atoms with E-state index in [1.54, 1.807) is 24.0 Å². The number of rotatable bonds is 6. The molecule has 1 unspecified atom stereocenters. The normalized spacial score (nSPS) is 16.3. The lowest BCUT2D eigenvalue weighted by Crippen LogP contribution is -2.48. The van der Waals surface area contributed by atoms with Gasteiger partial charge in [0.05, 0.1) is 13.2 Å². The van der Waals surface area contributed by atoms with Gasteiger partial charge in [0.25, 0.3) is 0 Å². The minimum Gasteiger partial charge on any atom is -0.378 e. The molecule has 0 aliphatic carbocycles. The van der Waals surface area contributed by atoms with Crippen LogP contribution in [0.2, 0.25) is 0 Å². The second-order valence-electron chi connectivity index (χ2n) is 7.02. The van der Waals surface area contributed by atoms with Crippen molar-refractivity contribution in [1.29, 1.82) is 0 Å². The monoisotopic (exact) mass is 384 g/mol. The van der Waals surface area contributed by atoms with Crippen molar-refractivity contribution in [3.63, 3.8) is 0 Å². The highest BCUT2D eigenvalue weighted by Gasteiger charge is 2.29. The van der Waals surface area contributed by atoms with E-state index in [-0.39, 0.29) is 23.5 Å². The fourth-order valence-electron chi connectivity index (χ4n) is 3.25. The van der Waals surface area contributed by atoms with Crippen LogP contribution in [-0.2, 0) is 20.7 Å². The highest BCUT2D eigenvalue weighted by Crippen LogP contribution is 2.19. The molecule has 2 atom stereocenters. The number of ether oxygens (including phenoxy) is 1. The fraction of sp³-hybridized carbons (Fsp3) is 0.364. The number of halogens is 1. The second kappa shape index (κ2) is 9.46. The van der Waals surface area contributed by atoms with Crippen LogP contribution in [0.3, 0.4) is 0 Å². The van der Waals surface area contributed by atoms with Gasteiger partial charge in [0, 0.05) is 19.0 Å². The summed E-state index contributed by atoms with van der Waals surface area (Å²) < 4.78 is 18.4. The zero-order valence-corrected chi connectivity index (χ0v) is 15.9. The molecule has 3 rings (SSSR count). The van der Waals surface area contributed by atoms with Crippen molar-refractivity contribution in [2.45, 2.75) is 19.4 Å². The van der Waals surface area contributed by atoms with Crippen LogP contribution in [0, 0.1) is 11.7 Å². The maximum atomic E-state index is 13.1. The number of morpholine rings is 1. The summed E-state index contributed by atoms with van der Waals surface area (Å²) in [7, 11) is 0. The average molecular weight is 384 g/mol. The number of nitrogens with zero attached hydrogens (tertiary/aromatic N) is 1. The Bertz CT molecular complexity index is 789. The summed E-state index contributed by atoms with van der Waals surface area (Å²) in [6.45, 7) is 3.84. The Morgan fingerprint density at radius 3 is 2.36 bits per heavy atom. The third-order valence-corrected chi connectivity index (χ3v) is 4.89. The van der Waals surface area contributed by atoms with Crippen molar-refractivity contribution in [1.82, 2.24) is 10.2 Å². The van der Waals surface area contributed by atoms with Gasteiger partial charge in [0.2, 0.25) is 11.8 Å². The van der Waals surface area contributed by atoms with Crippen molar-refractivity contribution in [3.05, 3.63) is 71.5 Å². The van der Waals surface area contributed by atoms with Gasteiger partial charge in [0.1, 0.15) is 11.9 Å². The smallest absolute Gasteiger partial charge is 0.249 e. The van der Waals surface area contributed by atoms with Gasteiger partial charge in [-0.3, -0.25) is 9.59 Å². The van der Waals surface area contributed by atoms with Crippen LogP contribution >= 0.6 is 0 Å². The molecule has 148 valence electrons. The minimum absolute atomic E-state index is 0.128. The molecule has 1 aliphatic rings. The maximum Gasteiger partial charge on any atom is 0.249 e. The molecule has 5 nitrogen and oxygen atoms in total. The Morgan fingerprint density at radius 1 is 1.07 bits per heavy atom. The van der Waals surface area contributed by atoms with Gasteiger partial charge in [-0.1, -0.05) is 49.4 Å². The topological polar surface area (TPSA) is 58.6 Å². The van der Waals surface area contributed by atoms with Crippen LogP contribution in [0.15, 0.2) is 54.6 Å². The van der Waals surface area contributed by atoms with Gasteiger partial charge in [-0.25, -0.2) is 4.39 Å². The zero-order valence-electron chi connectivity index (χ0n) is 15.9. The second-order valence-corrected chi connectivity index (χ2v) is 7.02. The summed E-state index contributed by atoms with van der Waals surface area (Å²) in [5.41, 5.74) is 1.63. The lowest BCUT2D eigenvalue weighted by molar-refractivity contribution is -0.140. The summed E-state index contributed by atoms with van der Waals surface area (Å²) in [5, 5.41) is 2.92. The first kappa shape index (κ1) is 20.0. The molecule has 1 heterocycles. The van der Waals surface area contributed by atoms with Gasteiger partial charge in [0.15, 0.2) is 0 Å². The van der Waals surface area contributed by atoms with E-state index < -0.39 is 6.04 Å². The first-order valence-corrected chi connectivity index (χ1v) is 9.51. The molecule has 1 fully saturated rings. The third kappa shape index (κ3) is 5.16. The lowest BCUT2D eigenvalue weighted by atomic mass is 9.98. The molecule has 1 saturated heterocycles. The molecule has 2 aromatic rings. The lowest BCUT2D eigenvalue weighted by Gasteiger charge is -2.31. The number of carbonyl (C=O) groups excluding carboxylic acids is 2. The molecular weight excluding hydrogens is 359 g/mol. The van der Waals surface area contributed by atoms with Crippen molar-refractivity contribution in [2.75, 3.05) is 26.3 Å². The summed E-state index contributed by atoms with van der Waals surface area (Å²) >= 11 is 0. The molecule has 1 N–H and O–H groups in total. The quantitative estimate of drug-likeness (QED) is 0.833. The van der Waals surface area contributed by atoms with E-state index in [1.807, 2.05) is 30.3 Å². The first-order valence-electron chi connectivity index (χ1n) is 9.51. The highest BCUT2D eigenvalue weighted by molar-refractivity contribution is 5.89. The Hall–Kier alpha value is -2.73. The summed E-state index contributed by atoms with van der Waals surface area (Å²) in [6, 6.07) is 14.6. The molecule has 0 spiro atoms. The predicted octanol–water partition coefficient (Wildman–Crippen LogP) is 2.72. The maximum absolute atomic E-state index is 13.1. The van der Waals surface area contributed by atoms with Gasteiger partial charge < -0.3 is 15.0 Å². The molecule has 0 bridgehead atoms. The van der Waals surface area contributed by atoms with E-state index in [9.17, 15) is 14.0 Å². The molecular formula is C22H25FN2O3. The Morgan fingerprint density at radius 2 is 1.71 bits per heavy atom. The average Bonchev–Trinajstić information content (AvgIpc) is 2.74. The van der Waals surface area contributed by atoms with Crippen LogP contribution in [0.4, 0.5) is 4.39 Å². The van der Waals surface area contributed by atoms with Gasteiger partial charge in [-0.05, 0) is 29.7 Å². The number of hydrogen-bond acceptors (Lipinski definition) is 3. The number of benzene rings is 2. The minimum atomic E-state index is -0.734. The third-order valence-electron chi connectivity index (χ3n) is 4.89. The van der Waals surface area contributed by atoms with Gasteiger partial charge >= 0.3 is 0 Å². The summed E-state index contributed by atoms with van der Waals surface area (Å²) in [5.74, 6) is -0.994. The number of amides is 2. The molecule has 0 saturated carbocycles. The molecule has 0 radical (unpaired) electrons. The van der Waals surface area contributed by atoms with E-state index in [2.05, 4.69) is 5.32 Å². The standard InChI is InChI=1S/C22H25FN2O3/c1-16(15-17-7-9-19(23)10-8-17)21(26)24-20(18-5-3-2-4-6-18)22(27)25-11-13-28-14-12-25/h2-10,16,20H,11-15H2,1H3,(H,24,26)/t16?,20-/m0/s1. The van der Waals surface area contributed by atoms with Crippen molar-refractivity contribution in [3.8, 4) is 0 Å². The largest absolute Gasteiger partial charge is 0.378 e. The van der Waals surface area contributed by atoms with Crippen LogP contribution in [0.25, 0.3) is 0 Å². The molecule has 1 aliphatic heterocycles. The van der Waals surface area contributed by atoms with Crippen LogP contribution in [-0.4, -0.2) is 43.0 Å². The van der Waals surface area contributed by atoms with Crippen molar-refractivity contribution < 1.29 is 18.7 Å². The number of hydrogen-bond donors (Lipinski definition) is 1. The van der Waals surface area contributed by atoms with Crippen LogP contribution < -0.4 is 5.32 Å². The van der Waals surface area contributed by atoms with Gasteiger partial charge in [-0.15, -0.1) is 0 Å². The van der Waals surface area contributed by atoms with Crippen LogP contribution in [0.5, 0.6) is 0 Å². The highest BCUT2D eigenvalue weighted by atomic mass is 19.1. The Labute approximate surface area is 164 Å². The SMILES string of the molecule is CC(Cc1ccc(F)cc1)C(=O)N[C@H](C(=O)N1CCOCC1)c1ccccc1.